The number of rotatable bonds is 5. The lowest BCUT2D eigenvalue weighted by Gasteiger charge is -2.33. The van der Waals surface area contributed by atoms with E-state index in [1.165, 1.54) is 26.4 Å². The maximum Gasteiger partial charge on any atom is 0.323 e. The van der Waals surface area contributed by atoms with Gasteiger partial charge in [0.15, 0.2) is 0 Å². The molecule has 2 aliphatic rings. The van der Waals surface area contributed by atoms with Gasteiger partial charge >= 0.3 is 5.97 Å². The number of piperidine rings is 1. The largest absolute Gasteiger partial charge is 0.468 e. The van der Waals surface area contributed by atoms with Crippen LogP contribution in [0.15, 0.2) is 0 Å². The fourth-order valence-electron chi connectivity index (χ4n) is 3.06. The number of nitrogens with zero attached hydrogens (tertiary/aromatic N) is 1. The fourth-order valence-corrected chi connectivity index (χ4v) is 3.06. The molecule has 2 aliphatic heterocycles. The molecule has 0 saturated carbocycles. The Morgan fingerprint density at radius 1 is 1.33 bits per heavy atom. The Balaban J connectivity index is 1.72. The lowest BCUT2D eigenvalue weighted by Crippen LogP contribution is -2.45. The van der Waals surface area contributed by atoms with Gasteiger partial charge in [-0.15, -0.1) is 0 Å². The molecule has 4 heteroatoms. The summed E-state index contributed by atoms with van der Waals surface area (Å²) in [5, 5.41) is 0. The molecule has 2 atom stereocenters. The number of ether oxygens (including phenoxy) is 2. The van der Waals surface area contributed by atoms with E-state index in [-0.39, 0.29) is 12.0 Å². The molecule has 0 spiro atoms. The van der Waals surface area contributed by atoms with Gasteiger partial charge in [-0.2, -0.15) is 0 Å². The van der Waals surface area contributed by atoms with Crippen molar-refractivity contribution in [2.24, 2.45) is 0 Å². The van der Waals surface area contributed by atoms with Crippen molar-refractivity contribution in [1.29, 1.82) is 0 Å². The van der Waals surface area contributed by atoms with Crippen molar-refractivity contribution >= 4 is 5.97 Å². The van der Waals surface area contributed by atoms with Crippen molar-refractivity contribution < 1.29 is 14.3 Å². The number of esters is 1. The molecule has 2 fully saturated rings. The summed E-state index contributed by atoms with van der Waals surface area (Å²) in [7, 11) is 1.49. The van der Waals surface area contributed by atoms with Crippen molar-refractivity contribution in [2.75, 3.05) is 26.8 Å². The summed E-state index contributed by atoms with van der Waals surface area (Å²) in [4.78, 5) is 14.0. The first-order valence-electron chi connectivity index (χ1n) is 7.24. The summed E-state index contributed by atoms with van der Waals surface area (Å²) in [6.07, 6.45) is 8.43. The topological polar surface area (TPSA) is 38.8 Å². The third-order valence-electron chi connectivity index (χ3n) is 4.08. The van der Waals surface area contributed by atoms with Crippen LogP contribution < -0.4 is 0 Å². The van der Waals surface area contributed by atoms with Crippen molar-refractivity contribution in [3.8, 4) is 0 Å². The Morgan fingerprint density at radius 3 is 2.94 bits per heavy atom. The molecule has 104 valence electrons. The highest BCUT2D eigenvalue weighted by Crippen LogP contribution is 2.21. The van der Waals surface area contributed by atoms with Gasteiger partial charge in [0.2, 0.25) is 0 Å². The van der Waals surface area contributed by atoms with E-state index in [1.807, 2.05) is 0 Å². The molecule has 0 amide bonds. The molecule has 0 radical (unpaired) electrons. The first kappa shape index (κ1) is 13.8. The van der Waals surface area contributed by atoms with Gasteiger partial charge in [-0.05, 0) is 51.6 Å². The number of hydrogen-bond acceptors (Lipinski definition) is 4. The average Bonchev–Trinajstić information content (AvgIpc) is 2.92. The summed E-state index contributed by atoms with van der Waals surface area (Å²) >= 11 is 0. The molecule has 0 N–H and O–H groups in total. The second kappa shape index (κ2) is 7.10. The molecule has 2 saturated heterocycles. The van der Waals surface area contributed by atoms with Gasteiger partial charge in [-0.1, -0.05) is 6.42 Å². The van der Waals surface area contributed by atoms with Crippen LogP contribution >= 0.6 is 0 Å². The Morgan fingerprint density at radius 2 is 2.22 bits per heavy atom. The van der Waals surface area contributed by atoms with Crippen LogP contribution in [0.25, 0.3) is 0 Å². The SMILES string of the molecule is COC(=O)[C@H]1CCCCN1CCCC1CCCO1. The molecule has 2 heterocycles. The molecule has 0 bridgehead atoms. The number of hydrogen-bond donors (Lipinski definition) is 0. The Bertz CT molecular complexity index is 264. The maximum absolute atomic E-state index is 11.7. The van der Waals surface area contributed by atoms with Crippen LogP contribution in [-0.2, 0) is 14.3 Å². The van der Waals surface area contributed by atoms with Crippen LogP contribution in [0, 0.1) is 0 Å². The Hall–Kier alpha value is -0.610. The average molecular weight is 255 g/mol. The molecular weight excluding hydrogens is 230 g/mol. The number of likely N-dealkylation sites (tertiary alicyclic amines) is 1. The van der Waals surface area contributed by atoms with Crippen LogP contribution in [0.4, 0.5) is 0 Å². The van der Waals surface area contributed by atoms with Gasteiger partial charge in [0.1, 0.15) is 6.04 Å². The normalized spacial score (nSPS) is 29.4. The first-order chi connectivity index (χ1) is 8.81. The zero-order chi connectivity index (χ0) is 12.8. The van der Waals surface area contributed by atoms with Crippen molar-refractivity contribution in [3.63, 3.8) is 0 Å². The summed E-state index contributed by atoms with van der Waals surface area (Å²) < 4.78 is 10.5. The summed E-state index contributed by atoms with van der Waals surface area (Å²) in [6, 6.07) is -0.00625. The van der Waals surface area contributed by atoms with E-state index in [4.69, 9.17) is 9.47 Å². The smallest absolute Gasteiger partial charge is 0.323 e. The molecule has 2 rings (SSSR count). The molecule has 4 nitrogen and oxygen atoms in total. The third kappa shape index (κ3) is 3.69. The molecule has 18 heavy (non-hydrogen) atoms. The van der Waals surface area contributed by atoms with E-state index in [9.17, 15) is 4.79 Å². The van der Waals surface area contributed by atoms with E-state index in [0.29, 0.717) is 6.10 Å². The predicted octanol–water partition coefficient (Wildman–Crippen LogP) is 1.97. The van der Waals surface area contributed by atoms with Gasteiger partial charge in [-0.3, -0.25) is 9.69 Å². The minimum atomic E-state index is -0.0631. The van der Waals surface area contributed by atoms with Gasteiger partial charge in [0.25, 0.3) is 0 Å². The van der Waals surface area contributed by atoms with Crippen molar-refractivity contribution in [1.82, 2.24) is 4.90 Å². The van der Waals surface area contributed by atoms with Crippen LogP contribution in [0.5, 0.6) is 0 Å². The van der Waals surface area contributed by atoms with E-state index in [1.54, 1.807) is 0 Å². The van der Waals surface area contributed by atoms with Crippen LogP contribution in [0.1, 0.15) is 44.9 Å². The first-order valence-corrected chi connectivity index (χ1v) is 7.24. The summed E-state index contributed by atoms with van der Waals surface area (Å²) in [5.41, 5.74) is 0. The lowest BCUT2D eigenvalue weighted by molar-refractivity contribution is -0.148. The van der Waals surface area contributed by atoms with E-state index in [2.05, 4.69) is 4.90 Å². The van der Waals surface area contributed by atoms with Crippen molar-refractivity contribution in [3.05, 3.63) is 0 Å². The van der Waals surface area contributed by atoms with Crippen molar-refractivity contribution in [2.45, 2.75) is 57.1 Å². The lowest BCUT2D eigenvalue weighted by atomic mass is 10.0. The van der Waals surface area contributed by atoms with Gasteiger partial charge in [0, 0.05) is 6.61 Å². The third-order valence-corrected chi connectivity index (χ3v) is 4.08. The second-order valence-corrected chi connectivity index (χ2v) is 5.35. The van der Waals surface area contributed by atoms with E-state index < -0.39 is 0 Å². The van der Waals surface area contributed by atoms with Gasteiger partial charge in [0.05, 0.1) is 13.2 Å². The Labute approximate surface area is 110 Å². The number of carbonyl (C=O) groups is 1. The molecule has 1 unspecified atom stereocenters. The molecular formula is C14H25NO3. The number of methoxy groups -OCH3 is 1. The van der Waals surface area contributed by atoms with Gasteiger partial charge in [-0.25, -0.2) is 0 Å². The standard InChI is InChI=1S/C14H25NO3/c1-17-14(16)13-8-2-3-9-15(13)10-4-6-12-7-5-11-18-12/h12-13H,2-11H2,1H3/t12?,13-/m1/s1. The van der Waals surface area contributed by atoms with Crippen LogP contribution in [0.2, 0.25) is 0 Å². The molecule has 0 aliphatic carbocycles. The minimum absolute atomic E-state index is 0.00625. The monoisotopic (exact) mass is 255 g/mol. The zero-order valence-electron chi connectivity index (χ0n) is 11.4. The van der Waals surface area contributed by atoms with E-state index >= 15 is 0 Å². The second-order valence-electron chi connectivity index (χ2n) is 5.35. The predicted molar refractivity (Wildman–Crippen MR) is 69.4 cm³/mol. The van der Waals surface area contributed by atoms with E-state index in [0.717, 1.165) is 45.4 Å². The zero-order valence-corrected chi connectivity index (χ0v) is 11.4. The van der Waals surface area contributed by atoms with Crippen LogP contribution in [-0.4, -0.2) is 49.8 Å². The van der Waals surface area contributed by atoms with Gasteiger partial charge < -0.3 is 9.47 Å². The fraction of sp³-hybridized carbons (Fsp3) is 0.929. The Kier molecular flexibility index (Phi) is 5.45. The maximum atomic E-state index is 11.7. The molecule has 0 aromatic carbocycles. The van der Waals surface area contributed by atoms with Crippen LogP contribution in [0.3, 0.4) is 0 Å². The highest BCUT2D eigenvalue weighted by atomic mass is 16.5. The number of carbonyl (C=O) groups excluding carboxylic acids is 1. The quantitative estimate of drug-likeness (QED) is 0.704. The summed E-state index contributed by atoms with van der Waals surface area (Å²) in [5.74, 6) is -0.0631. The summed E-state index contributed by atoms with van der Waals surface area (Å²) in [6.45, 7) is 2.96. The highest BCUT2D eigenvalue weighted by Gasteiger charge is 2.29. The minimum Gasteiger partial charge on any atom is -0.468 e. The highest BCUT2D eigenvalue weighted by molar-refractivity contribution is 5.75. The molecule has 0 aromatic rings. The molecule has 0 aromatic heterocycles.